The second kappa shape index (κ2) is 3.57. The Morgan fingerprint density at radius 2 is 1.71 bits per heavy atom. The summed E-state index contributed by atoms with van der Waals surface area (Å²) in [5, 5.41) is 17.8. The maximum absolute atomic E-state index is 8.94. The van der Waals surface area contributed by atoms with Gasteiger partial charge in [0.25, 0.3) is 0 Å². The minimum absolute atomic E-state index is 0.0959. The van der Waals surface area contributed by atoms with E-state index in [-0.39, 0.29) is 11.4 Å². The van der Waals surface area contributed by atoms with Crippen molar-refractivity contribution in [2.75, 3.05) is 0 Å². The van der Waals surface area contributed by atoms with Crippen molar-refractivity contribution < 1.29 is 0 Å². The summed E-state index contributed by atoms with van der Waals surface area (Å²) in [5.41, 5.74) is 3.93. The molecular weight excluding hydrogens is 214 g/mol. The van der Waals surface area contributed by atoms with Crippen LogP contribution >= 0.6 is 0 Å². The zero-order valence-electron chi connectivity index (χ0n) is 9.12. The number of hydrogen-bond donors (Lipinski definition) is 1. The maximum atomic E-state index is 8.94. The Labute approximate surface area is 97.7 Å². The van der Waals surface area contributed by atoms with Crippen LogP contribution in [0.1, 0.15) is 35.5 Å². The van der Waals surface area contributed by atoms with E-state index >= 15 is 0 Å². The third-order valence-corrected chi connectivity index (χ3v) is 3.13. The number of fused-ring (bicyclic) bond motifs is 3. The van der Waals surface area contributed by atoms with E-state index in [2.05, 4.69) is 15.0 Å². The number of aryl methyl sites for hydroxylation is 2. The number of aromatic nitrogens is 3. The monoisotopic (exact) mass is 223 g/mol. The molecule has 0 fully saturated rings. The first kappa shape index (κ1) is 9.80. The van der Waals surface area contributed by atoms with E-state index in [1.807, 2.05) is 12.1 Å². The zero-order chi connectivity index (χ0) is 11.8. The molecule has 5 heteroatoms. The molecule has 0 saturated carbocycles. The summed E-state index contributed by atoms with van der Waals surface area (Å²) in [4.78, 5) is 11.6. The fraction of sp³-hybridized carbons (Fsp3) is 0.333. The van der Waals surface area contributed by atoms with Crippen molar-refractivity contribution in [3.05, 3.63) is 22.6 Å². The summed E-state index contributed by atoms with van der Waals surface area (Å²) in [6, 6.07) is 3.83. The molecule has 2 aromatic heterocycles. The molecule has 0 unspecified atom stereocenters. The highest BCUT2D eigenvalue weighted by atomic mass is 14.9. The van der Waals surface area contributed by atoms with Crippen molar-refractivity contribution in [3.63, 3.8) is 0 Å². The highest BCUT2D eigenvalue weighted by molar-refractivity contribution is 5.78. The van der Waals surface area contributed by atoms with Gasteiger partial charge in [-0.2, -0.15) is 10.5 Å². The van der Waals surface area contributed by atoms with Crippen molar-refractivity contribution in [1.82, 2.24) is 15.0 Å². The van der Waals surface area contributed by atoms with Gasteiger partial charge in [0.05, 0.1) is 0 Å². The van der Waals surface area contributed by atoms with E-state index in [4.69, 9.17) is 10.5 Å². The Bertz CT molecular complexity index is 683. The topological polar surface area (TPSA) is 89.2 Å². The Balaban J connectivity index is 2.34. The van der Waals surface area contributed by atoms with Gasteiger partial charge in [0.1, 0.15) is 17.7 Å². The molecule has 2 aromatic rings. The molecule has 2 heterocycles. The van der Waals surface area contributed by atoms with Gasteiger partial charge in [-0.3, -0.25) is 0 Å². The van der Waals surface area contributed by atoms with Crippen LogP contribution in [0.3, 0.4) is 0 Å². The molecule has 0 bridgehead atoms. The van der Waals surface area contributed by atoms with Crippen LogP contribution in [0.4, 0.5) is 0 Å². The van der Waals surface area contributed by atoms with E-state index in [0.717, 1.165) is 36.9 Å². The molecule has 0 amide bonds. The molecule has 82 valence electrons. The third-order valence-electron chi connectivity index (χ3n) is 3.13. The van der Waals surface area contributed by atoms with Crippen molar-refractivity contribution in [1.29, 1.82) is 10.5 Å². The Hall–Kier alpha value is -2.40. The smallest absolute Gasteiger partial charge is 0.179 e. The molecule has 1 N–H and O–H groups in total. The summed E-state index contributed by atoms with van der Waals surface area (Å²) < 4.78 is 0. The molecular formula is C12H9N5. The highest BCUT2D eigenvalue weighted by Gasteiger charge is 2.19. The number of aromatic amines is 1. The van der Waals surface area contributed by atoms with Gasteiger partial charge < -0.3 is 4.98 Å². The molecule has 0 aromatic carbocycles. The first-order valence-corrected chi connectivity index (χ1v) is 5.55. The van der Waals surface area contributed by atoms with Crippen LogP contribution in [0.2, 0.25) is 0 Å². The molecule has 3 rings (SSSR count). The number of nitrogens with one attached hydrogen (secondary N) is 1. The van der Waals surface area contributed by atoms with Gasteiger partial charge in [0, 0.05) is 11.3 Å². The first-order chi connectivity index (χ1) is 8.33. The molecule has 0 aliphatic heterocycles. The Kier molecular flexibility index (Phi) is 2.06. The van der Waals surface area contributed by atoms with E-state index in [0.29, 0.717) is 5.65 Å². The fourth-order valence-electron chi connectivity index (χ4n) is 2.34. The first-order valence-electron chi connectivity index (χ1n) is 5.55. The second-order valence-corrected chi connectivity index (χ2v) is 4.13. The lowest BCUT2D eigenvalue weighted by molar-refractivity contribution is 0.679. The molecule has 17 heavy (non-hydrogen) atoms. The molecule has 0 saturated heterocycles. The maximum Gasteiger partial charge on any atom is 0.179 e. The van der Waals surface area contributed by atoms with E-state index in [9.17, 15) is 0 Å². The number of nitriles is 2. The Morgan fingerprint density at radius 1 is 1.00 bits per heavy atom. The van der Waals surface area contributed by atoms with Crippen molar-refractivity contribution in [2.45, 2.75) is 25.7 Å². The molecule has 5 nitrogen and oxygen atoms in total. The van der Waals surface area contributed by atoms with Gasteiger partial charge in [-0.05, 0) is 25.7 Å². The van der Waals surface area contributed by atoms with E-state index < -0.39 is 0 Å². The van der Waals surface area contributed by atoms with Crippen LogP contribution in [-0.2, 0) is 12.8 Å². The molecule has 0 radical (unpaired) electrons. The van der Waals surface area contributed by atoms with Gasteiger partial charge in [-0.15, -0.1) is 0 Å². The van der Waals surface area contributed by atoms with Crippen LogP contribution < -0.4 is 0 Å². The summed E-state index contributed by atoms with van der Waals surface area (Å²) in [7, 11) is 0. The van der Waals surface area contributed by atoms with Crippen LogP contribution in [0, 0.1) is 22.7 Å². The normalized spacial score (nSPS) is 14.0. The third kappa shape index (κ3) is 1.37. The summed E-state index contributed by atoms with van der Waals surface area (Å²) in [6.07, 6.45) is 4.28. The zero-order valence-corrected chi connectivity index (χ0v) is 9.12. The van der Waals surface area contributed by atoms with E-state index in [1.54, 1.807) is 0 Å². The van der Waals surface area contributed by atoms with Crippen molar-refractivity contribution in [2.24, 2.45) is 0 Å². The molecule has 1 aliphatic carbocycles. The van der Waals surface area contributed by atoms with Crippen LogP contribution in [0.25, 0.3) is 11.2 Å². The average Bonchev–Trinajstić information content (AvgIpc) is 2.74. The minimum atomic E-state index is 0.0959. The Morgan fingerprint density at radius 3 is 2.47 bits per heavy atom. The van der Waals surface area contributed by atoms with E-state index in [1.165, 1.54) is 5.56 Å². The standard InChI is InChI=1S/C12H9N5/c13-5-9-10(6-14)17-12-11(15-9)7-3-1-2-4-8(7)16-12/h1-4H2,(H,16,17). The summed E-state index contributed by atoms with van der Waals surface area (Å²) >= 11 is 0. The van der Waals surface area contributed by atoms with Crippen LogP contribution in [0.5, 0.6) is 0 Å². The highest BCUT2D eigenvalue weighted by Crippen LogP contribution is 2.27. The van der Waals surface area contributed by atoms with Gasteiger partial charge in [0.15, 0.2) is 17.0 Å². The van der Waals surface area contributed by atoms with Crippen molar-refractivity contribution >= 4 is 11.2 Å². The number of nitrogens with zero attached hydrogens (tertiary/aromatic N) is 4. The molecule has 0 spiro atoms. The predicted octanol–water partition coefficient (Wildman–Crippen LogP) is 1.58. The lowest BCUT2D eigenvalue weighted by atomic mass is 9.97. The van der Waals surface area contributed by atoms with Gasteiger partial charge >= 0.3 is 0 Å². The lowest BCUT2D eigenvalue weighted by Crippen LogP contribution is -2.01. The minimum Gasteiger partial charge on any atom is -0.342 e. The quantitative estimate of drug-likeness (QED) is 0.734. The van der Waals surface area contributed by atoms with Gasteiger partial charge in [-0.25, -0.2) is 9.97 Å². The van der Waals surface area contributed by atoms with Gasteiger partial charge in [0.2, 0.25) is 0 Å². The van der Waals surface area contributed by atoms with Crippen molar-refractivity contribution in [3.8, 4) is 12.1 Å². The summed E-state index contributed by atoms with van der Waals surface area (Å²) in [5.74, 6) is 0. The van der Waals surface area contributed by atoms with Crippen LogP contribution in [0.15, 0.2) is 0 Å². The number of rotatable bonds is 0. The number of H-pyrrole nitrogens is 1. The SMILES string of the molecule is N#Cc1nc2[nH]c3c(c2nc1C#N)CCCC3. The molecule has 0 atom stereocenters. The lowest BCUT2D eigenvalue weighted by Gasteiger charge is -2.09. The number of hydrogen-bond acceptors (Lipinski definition) is 4. The molecule has 1 aliphatic rings. The predicted molar refractivity (Wildman–Crippen MR) is 60.0 cm³/mol. The summed E-state index contributed by atoms with van der Waals surface area (Å²) in [6.45, 7) is 0. The van der Waals surface area contributed by atoms with Gasteiger partial charge in [-0.1, -0.05) is 0 Å². The van der Waals surface area contributed by atoms with Crippen LogP contribution in [-0.4, -0.2) is 15.0 Å². The average molecular weight is 223 g/mol. The fourth-order valence-corrected chi connectivity index (χ4v) is 2.34. The second-order valence-electron chi connectivity index (χ2n) is 4.13. The largest absolute Gasteiger partial charge is 0.342 e.